The fourth-order valence-electron chi connectivity index (χ4n) is 3.29. The molecule has 0 atom stereocenters. The molecule has 4 aromatic rings. The van der Waals surface area contributed by atoms with Gasteiger partial charge in [-0.1, -0.05) is 11.3 Å². The predicted molar refractivity (Wildman–Crippen MR) is 120 cm³/mol. The van der Waals surface area contributed by atoms with Gasteiger partial charge >= 0.3 is 0 Å². The molecule has 1 saturated carbocycles. The zero-order chi connectivity index (χ0) is 21.0. The van der Waals surface area contributed by atoms with Gasteiger partial charge < -0.3 is 0 Å². The Hall–Kier alpha value is -2.40. The van der Waals surface area contributed by atoms with Crippen LogP contribution in [0.4, 0.5) is 5.13 Å². The lowest BCUT2D eigenvalue weighted by molar-refractivity contribution is 0.102. The first-order valence-electron chi connectivity index (χ1n) is 9.39. The van der Waals surface area contributed by atoms with E-state index in [1.807, 2.05) is 19.1 Å². The van der Waals surface area contributed by atoms with Crippen LogP contribution >= 0.6 is 22.7 Å². The summed E-state index contributed by atoms with van der Waals surface area (Å²) in [6.45, 7) is 1.96. The second-order valence-corrected chi connectivity index (χ2v) is 11.4. The van der Waals surface area contributed by atoms with Gasteiger partial charge in [-0.3, -0.25) is 10.1 Å². The summed E-state index contributed by atoms with van der Waals surface area (Å²) in [4.78, 5) is 21.8. The van der Waals surface area contributed by atoms with Crippen LogP contribution in [-0.4, -0.2) is 41.7 Å². The van der Waals surface area contributed by atoms with Crippen molar-refractivity contribution in [2.75, 3.05) is 12.4 Å². The van der Waals surface area contributed by atoms with Gasteiger partial charge in [-0.2, -0.15) is 4.31 Å². The largest absolute Gasteiger partial charge is 0.298 e. The van der Waals surface area contributed by atoms with E-state index in [1.54, 1.807) is 18.4 Å². The number of fused-ring (bicyclic) bond motifs is 3. The van der Waals surface area contributed by atoms with Crippen molar-refractivity contribution in [3.05, 3.63) is 47.0 Å². The molecular weight excluding hydrogens is 440 g/mol. The lowest BCUT2D eigenvalue weighted by Gasteiger charge is -2.16. The predicted octanol–water partition coefficient (Wildman–Crippen LogP) is 4.25. The van der Waals surface area contributed by atoms with Gasteiger partial charge in [0.2, 0.25) is 10.0 Å². The SMILES string of the molecule is Cc1nc2ccc3nc(NC(=O)c4ccc(S(=O)(=O)N(C)C5CC5)cc4)sc3c2s1. The molecule has 1 aliphatic rings. The number of carbonyl (C=O) groups is 1. The molecule has 30 heavy (non-hydrogen) atoms. The van der Waals surface area contributed by atoms with E-state index in [1.165, 1.54) is 39.9 Å². The van der Waals surface area contributed by atoms with Crippen LogP contribution in [0.1, 0.15) is 28.2 Å². The van der Waals surface area contributed by atoms with Crippen molar-refractivity contribution in [2.24, 2.45) is 0 Å². The van der Waals surface area contributed by atoms with Gasteiger partial charge in [0, 0.05) is 18.7 Å². The first-order valence-corrected chi connectivity index (χ1v) is 12.5. The third kappa shape index (κ3) is 3.39. The minimum atomic E-state index is -3.53. The van der Waals surface area contributed by atoms with Gasteiger partial charge in [0.25, 0.3) is 5.91 Å². The van der Waals surface area contributed by atoms with Crippen LogP contribution in [-0.2, 0) is 10.0 Å². The van der Waals surface area contributed by atoms with E-state index in [0.717, 1.165) is 38.3 Å². The number of hydrogen-bond acceptors (Lipinski definition) is 7. The van der Waals surface area contributed by atoms with Gasteiger partial charge in [-0.05, 0) is 56.2 Å². The second kappa shape index (κ2) is 7.09. The zero-order valence-corrected chi connectivity index (χ0v) is 18.7. The Kier molecular flexibility index (Phi) is 4.62. The van der Waals surface area contributed by atoms with Crippen LogP contribution in [0.25, 0.3) is 20.4 Å². The number of thiazole rings is 2. The Morgan fingerprint density at radius 1 is 1.03 bits per heavy atom. The summed E-state index contributed by atoms with van der Waals surface area (Å²) in [7, 11) is -1.93. The van der Waals surface area contributed by atoms with Gasteiger partial charge in [0.15, 0.2) is 5.13 Å². The standard InChI is InChI=1S/C20H18N4O3S3/c1-11-21-15-9-10-16-18(17(15)28-11)29-20(22-16)23-19(25)12-3-7-14(8-4-12)30(26,27)24(2)13-5-6-13/h3-4,7-10,13H,5-6H2,1-2H3,(H,22,23,25). The van der Waals surface area contributed by atoms with Crippen LogP contribution in [0.5, 0.6) is 0 Å². The molecular formula is C20H18N4O3S3. The molecule has 1 fully saturated rings. The molecule has 1 aliphatic carbocycles. The summed E-state index contributed by atoms with van der Waals surface area (Å²) in [6, 6.07) is 9.94. The van der Waals surface area contributed by atoms with Crippen LogP contribution < -0.4 is 5.32 Å². The highest BCUT2D eigenvalue weighted by atomic mass is 32.2. The number of nitrogens with one attached hydrogen (secondary N) is 1. The van der Waals surface area contributed by atoms with E-state index in [9.17, 15) is 13.2 Å². The van der Waals surface area contributed by atoms with E-state index in [2.05, 4.69) is 15.3 Å². The highest BCUT2D eigenvalue weighted by molar-refractivity contribution is 7.89. The molecule has 7 nitrogen and oxygen atoms in total. The van der Waals surface area contributed by atoms with E-state index >= 15 is 0 Å². The fraction of sp³-hybridized carbons (Fsp3) is 0.250. The summed E-state index contributed by atoms with van der Waals surface area (Å²) in [5, 5.41) is 4.31. The van der Waals surface area contributed by atoms with Crippen LogP contribution in [0, 0.1) is 6.92 Å². The van der Waals surface area contributed by atoms with Crippen molar-refractivity contribution in [1.82, 2.24) is 14.3 Å². The molecule has 0 aliphatic heterocycles. The number of benzene rings is 2. The molecule has 0 radical (unpaired) electrons. The van der Waals surface area contributed by atoms with E-state index in [4.69, 9.17) is 0 Å². The Bertz CT molecular complexity index is 1390. The van der Waals surface area contributed by atoms with Crippen molar-refractivity contribution in [3.63, 3.8) is 0 Å². The molecule has 10 heteroatoms. The summed E-state index contributed by atoms with van der Waals surface area (Å²) in [6.07, 6.45) is 1.79. The molecule has 2 aromatic carbocycles. The fourth-order valence-corrected chi connectivity index (χ4v) is 6.70. The summed E-state index contributed by atoms with van der Waals surface area (Å²) < 4.78 is 28.7. The topological polar surface area (TPSA) is 92.3 Å². The molecule has 2 aromatic heterocycles. The highest BCUT2D eigenvalue weighted by Crippen LogP contribution is 2.36. The number of aryl methyl sites for hydroxylation is 1. The monoisotopic (exact) mass is 458 g/mol. The average Bonchev–Trinajstić information content (AvgIpc) is 3.38. The summed E-state index contributed by atoms with van der Waals surface area (Å²) in [5.41, 5.74) is 2.12. The Labute approximate surface area is 181 Å². The molecule has 0 unspecified atom stereocenters. The summed E-state index contributed by atoms with van der Waals surface area (Å²) in [5.74, 6) is -0.328. The van der Waals surface area contributed by atoms with Gasteiger partial charge in [0.05, 0.1) is 30.3 Å². The van der Waals surface area contributed by atoms with Crippen molar-refractivity contribution in [2.45, 2.75) is 30.7 Å². The van der Waals surface area contributed by atoms with E-state index < -0.39 is 10.0 Å². The molecule has 154 valence electrons. The van der Waals surface area contributed by atoms with Gasteiger partial charge in [-0.15, -0.1) is 11.3 Å². The van der Waals surface area contributed by atoms with Crippen LogP contribution in [0.15, 0.2) is 41.3 Å². The quantitative estimate of drug-likeness (QED) is 0.483. The average molecular weight is 459 g/mol. The highest BCUT2D eigenvalue weighted by Gasteiger charge is 2.35. The minimum Gasteiger partial charge on any atom is -0.298 e. The van der Waals surface area contributed by atoms with Crippen LogP contribution in [0.2, 0.25) is 0 Å². The molecule has 2 heterocycles. The molecule has 1 N–H and O–H groups in total. The number of amides is 1. The van der Waals surface area contributed by atoms with Crippen molar-refractivity contribution < 1.29 is 13.2 Å². The molecule has 0 spiro atoms. The van der Waals surface area contributed by atoms with E-state index in [-0.39, 0.29) is 16.8 Å². The van der Waals surface area contributed by atoms with E-state index in [0.29, 0.717) is 10.7 Å². The number of hydrogen-bond donors (Lipinski definition) is 1. The third-order valence-corrected chi connectivity index (χ3v) is 9.16. The Morgan fingerprint density at radius 3 is 2.33 bits per heavy atom. The van der Waals surface area contributed by atoms with Crippen molar-refractivity contribution in [1.29, 1.82) is 0 Å². The minimum absolute atomic E-state index is 0.0887. The Morgan fingerprint density at radius 2 is 1.67 bits per heavy atom. The Balaban J connectivity index is 1.38. The maximum Gasteiger partial charge on any atom is 0.257 e. The molecule has 1 amide bonds. The number of rotatable bonds is 5. The third-order valence-electron chi connectivity index (χ3n) is 5.09. The normalized spacial score (nSPS) is 14.6. The zero-order valence-electron chi connectivity index (χ0n) is 16.2. The first kappa shape index (κ1) is 19.6. The van der Waals surface area contributed by atoms with Gasteiger partial charge in [0.1, 0.15) is 0 Å². The second-order valence-electron chi connectivity index (χ2n) is 7.24. The van der Waals surface area contributed by atoms with Crippen molar-refractivity contribution >= 4 is 64.2 Å². The lowest BCUT2D eigenvalue weighted by Crippen LogP contribution is -2.29. The first-order chi connectivity index (χ1) is 14.3. The molecule has 0 bridgehead atoms. The maximum atomic E-state index is 12.7. The molecule has 5 rings (SSSR count). The van der Waals surface area contributed by atoms with Crippen LogP contribution in [0.3, 0.4) is 0 Å². The smallest absolute Gasteiger partial charge is 0.257 e. The maximum absolute atomic E-state index is 12.7. The molecule has 0 saturated heterocycles. The summed E-state index contributed by atoms with van der Waals surface area (Å²) >= 11 is 3.02. The number of nitrogens with zero attached hydrogens (tertiary/aromatic N) is 3. The lowest BCUT2D eigenvalue weighted by atomic mass is 10.2. The van der Waals surface area contributed by atoms with Crippen molar-refractivity contribution in [3.8, 4) is 0 Å². The number of aromatic nitrogens is 2. The number of anilines is 1. The number of sulfonamides is 1. The van der Waals surface area contributed by atoms with Gasteiger partial charge in [-0.25, -0.2) is 18.4 Å². The number of carbonyl (C=O) groups excluding carboxylic acids is 1.